The molecule has 1 aliphatic carbocycles. The van der Waals surface area contributed by atoms with Crippen LogP contribution >= 0.6 is 11.3 Å². The summed E-state index contributed by atoms with van der Waals surface area (Å²) in [5, 5.41) is 8.66. The number of benzene rings is 1. The molecule has 4 heterocycles. The number of carbonyl (C=O) groups is 1. The first-order valence-electron chi connectivity index (χ1n) is 13.2. The van der Waals surface area contributed by atoms with Crippen LogP contribution in [0.5, 0.6) is 11.5 Å². The third-order valence-electron chi connectivity index (χ3n) is 6.96. The first kappa shape index (κ1) is 25.1. The topological polar surface area (TPSA) is 82.4 Å². The van der Waals surface area contributed by atoms with E-state index in [2.05, 4.69) is 20.2 Å². The number of hydrogen-bond acceptors (Lipinski definition) is 8. The number of nitrogens with zero attached hydrogens (tertiary/aromatic N) is 5. The summed E-state index contributed by atoms with van der Waals surface area (Å²) < 4.78 is 28.9. The molecule has 2 fully saturated rings. The summed E-state index contributed by atoms with van der Waals surface area (Å²) in [6.45, 7) is 5.38. The lowest BCUT2D eigenvalue weighted by Crippen LogP contribution is -2.37. The Morgan fingerprint density at radius 1 is 1.13 bits per heavy atom. The Morgan fingerprint density at radius 2 is 2.00 bits per heavy atom. The number of aromatic nitrogens is 4. The van der Waals surface area contributed by atoms with Crippen molar-refractivity contribution < 1.29 is 18.7 Å². The molecule has 0 bridgehead atoms. The number of ether oxygens (including phenoxy) is 2. The van der Waals surface area contributed by atoms with Gasteiger partial charge in [-0.1, -0.05) is 11.3 Å². The molecule has 0 N–H and O–H groups in total. The lowest BCUT2D eigenvalue weighted by molar-refractivity contribution is -0.118. The number of morpholine rings is 1. The van der Waals surface area contributed by atoms with Crippen LogP contribution in [-0.2, 0) is 22.5 Å². The maximum absolute atomic E-state index is 14.9. The molecule has 0 amide bonds. The number of pyridine rings is 1. The SMILES string of the molecule is O=C(Cc1ccc(Oc2ccnc3cc(-c4cn(CCCN5CCOCC5)nn4)sc23)c(F)c1)CC1CC1. The van der Waals surface area contributed by atoms with Crippen molar-refractivity contribution in [3.63, 3.8) is 0 Å². The van der Waals surface area contributed by atoms with Crippen LogP contribution in [0.2, 0.25) is 0 Å². The summed E-state index contributed by atoms with van der Waals surface area (Å²) in [6, 6.07) is 8.45. The predicted molar refractivity (Wildman–Crippen MR) is 143 cm³/mol. The van der Waals surface area contributed by atoms with Crippen LogP contribution in [0.4, 0.5) is 4.39 Å². The molecule has 0 radical (unpaired) electrons. The zero-order valence-electron chi connectivity index (χ0n) is 21.1. The van der Waals surface area contributed by atoms with E-state index in [0.717, 1.165) is 79.4 Å². The molecule has 38 heavy (non-hydrogen) atoms. The minimum absolute atomic E-state index is 0.122. The van der Waals surface area contributed by atoms with Gasteiger partial charge in [0.15, 0.2) is 11.6 Å². The summed E-state index contributed by atoms with van der Waals surface area (Å²) in [6.07, 6.45) is 7.71. The van der Waals surface area contributed by atoms with Crippen LogP contribution in [0.15, 0.2) is 42.7 Å². The maximum atomic E-state index is 14.9. The van der Waals surface area contributed by atoms with Crippen molar-refractivity contribution >= 4 is 27.3 Å². The molecule has 1 saturated heterocycles. The Morgan fingerprint density at radius 3 is 2.82 bits per heavy atom. The molecule has 1 saturated carbocycles. The number of fused-ring (bicyclic) bond motifs is 1. The molecule has 1 aliphatic heterocycles. The quantitative estimate of drug-likeness (QED) is 0.264. The van der Waals surface area contributed by atoms with Gasteiger partial charge in [-0.2, -0.15) is 0 Å². The highest BCUT2D eigenvalue weighted by Crippen LogP contribution is 2.39. The van der Waals surface area contributed by atoms with E-state index < -0.39 is 5.82 Å². The molecule has 198 valence electrons. The van der Waals surface area contributed by atoms with Crippen LogP contribution in [0.25, 0.3) is 20.8 Å². The Balaban J connectivity index is 1.12. The summed E-state index contributed by atoms with van der Waals surface area (Å²) in [5.74, 6) is 0.863. The van der Waals surface area contributed by atoms with E-state index in [1.165, 1.54) is 17.4 Å². The molecule has 2 aliphatic rings. The van der Waals surface area contributed by atoms with Gasteiger partial charge in [-0.05, 0) is 48.9 Å². The van der Waals surface area contributed by atoms with Crippen LogP contribution in [0, 0.1) is 11.7 Å². The largest absolute Gasteiger partial charge is 0.453 e. The number of ketones is 1. The zero-order chi connectivity index (χ0) is 25.9. The third kappa shape index (κ3) is 6.09. The molecule has 10 heteroatoms. The monoisotopic (exact) mass is 535 g/mol. The Hall–Kier alpha value is -3.21. The van der Waals surface area contributed by atoms with E-state index in [9.17, 15) is 9.18 Å². The number of carbonyl (C=O) groups excluding carboxylic acids is 1. The van der Waals surface area contributed by atoms with Crippen molar-refractivity contribution in [2.45, 2.75) is 38.6 Å². The van der Waals surface area contributed by atoms with Crippen LogP contribution < -0.4 is 4.74 Å². The highest BCUT2D eigenvalue weighted by Gasteiger charge is 2.24. The zero-order valence-corrected chi connectivity index (χ0v) is 22.0. The molecular weight excluding hydrogens is 505 g/mol. The molecule has 1 aromatic carbocycles. The van der Waals surface area contributed by atoms with Crippen molar-refractivity contribution in [1.82, 2.24) is 24.9 Å². The lowest BCUT2D eigenvalue weighted by Gasteiger charge is -2.26. The average molecular weight is 536 g/mol. The van der Waals surface area contributed by atoms with E-state index in [-0.39, 0.29) is 18.0 Å². The summed E-state index contributed by atoms with van der Waals surface area (Å²) in [5.41, 5.74) is 2.20. The molecule has 3 aromatic heterocycles. The predicted octanol–water partition coefficient (Wildman–Crippen LogP) is 5.12. The lowest BCUT2D eigenvalue weighted by atomic mass is 10.0. The van der Waals surface area contributed by atoms with Crippen molar-refractivity contribution in [1.29, 1.82) is 0 Å². The van der Waals surface area contributed by atoms with Gasteiger partial charge in [0.25, 0.3) is 0 Å². The fourth-order valence-electron chi connectivity index (χ4n) is 4.72. The van der Waals surface area contributed by atoms with Crippen molar-refractivity contribution in [3.05, 3.63) is 54.1 Å². The second kappa shape index (κ2) is 11.3. The van der Waals surface area contributed by atoms with Gasteiger partial charge in [-0.15, -0.1) is 16.4 Å². The normalized spacial score (nSPS) is 16.2. The number of halogens is 1. The number of hydrogen-bond donors (Lipinski definition) is 0. The van der Waals surface area contributed by atoms with E-state index >= 15 is 0 Å². The van der Waals surface area contributed by atoms with Gasteiger partial charge >= 0.3 is 0 Å². The fourth-order valence-corrected chi connectivity index (χ4v) is 5.74. The first-order valence-corrected chi connectivity index (χ1v) is 14.0. The van der Waals surface area contributed by atoms with E-state index in [0.29, 0.717) is 23.7 Å². The summed E-state index contributed by atoms with van der Waals surface area (Å²) in [4.78, 5) is 20.0. The number of Topliss-reactive ketones (excluding diaryl/α,β-unsaturated/α-hetero) is 1. The van der Waals surface area contributed by atoms with Crippen molar-refractivity contribution in [2.75, 3.05) is 32.8 Å². The second-order valence-electron chi connectivity index (χ2n) is 10.0. The third-order valence-corrected chi connectivity index (χ3v) is 8.12. The molecule has 0 atom stereocenters. The molecular formula is C28H30FN5O3S. The Labute approximate surface area is 224 Å². The fraction of sp³-hybridized carbons (Fsp3) is 0.429. The van der Waals surface area contributed by atoms with Crippen LogP contribution in [-0.4, -0.2) is 63.5 Å². The highest BCUT2D eigenvalue weighted by atomic mass is 32.1. The molecule has 0 unspecified atom stereocenters. The van der Waals surface area contributed by atoms with E-state index in [1.54, 1.807) is 24.4 Å². The average Bonchev–Trinajstić information content (AvgIpc) is 3.41. The number of aryl methyl sites for hydroxylation is 1. The van der Waals surface area contributed by atoms with Gasteiger partial charge in [-0.3, -0.25) is 19.4 Å². The van der Waals surface area contributed by atoms with Gasteiger partial charge in [0, 0.05) is 51.3 Å². The van der Waals surface area contributed by atoms with Gasteiger partial charge in [-0.25, -0.2) is 4.39 Å². The molecule has 0 spiro atoms. The maximum Gasteiger partial charge on any atom is 0.166 e. The summed E-state index contributed by atoms with van der Waals surface area (Å²) in [7, 11) is 0. The number of thiophene rings is 1. The van der Waals surface area contributed by atoms with Crippen molar-refractivity contribution in [3.8, 4) is 22.1 Å². The van der Waals surface area contributed by atoms with Gasteiger partial charge < -0.3 is 9.47 Å². The van der Waals surface area contributed by atoms with Crippen LogP contribution in [0.1, 0.15) is 31.2 Å². The standard InChI is InChI=1S/C28H30FN5O3S/c29-22-16-20(15-21(35)14-19-2-3-19)4-5-25(22)37-26-6-7-30-23-17-27(38-28(23)26)24-18-34(32-31-24)9-1-8-33-10-12-36-13-11-33/h4-7,16-19H,1-3,8-15H2. The van der Waals surface area contributed by atoms with Crippen LogP contribution in [0.3, 0.4) is 0 Å². The molecule has 6 rings (SSSR count). The Bertz CT molecular complexity index is 1430. The first-order chi connectivity index (χ1) is 18.6. The molecule has 8 nitrogen and oxygen atoms in total. The Kier molecular flexibility index (Phi) is 7.44. The smallest absolute Gasteiger partial charge is 0.166 e. The minimum Gasteiger partial charge on any atom is -0.453 e. The van der Waals surface area contributed by atoms with Gasteiger partial charge in [0.05, 0.1) is 34.5 Å². The summed E-state index contributed by atoms with van der Waals surface area (Å²) >= 11 is 1.49. The number of rotatable bonds is 11. The minimum atomic E-state index is -0.483. The second-order valence-corrected chi connectivity index (χ2v) is 11.1. The van der Waals surface area contributed by atoms with E-state index in [1.807, 2.05) is 16.9 Å². The molecule has 4 aromatic rings. The van der Waals surface area contributed by atoms with Crippen molar-refractivity contribution in [2.24, 2.45) is 5.92 Å². The van der Waals surface area contributed by atoms with Gasteiger partial charge in [0.1, 0.15) is 17.2 Å². The highest BCUT2D eigenvalue weighted by molar-refractivity contribution is 7.22. The van der Waals surface area contributed by atoms with Gasteiger partial charge in [0.2, 0.25) is 0 Å². The van der Waals surface area contributed by atoms with E-state index in [4.69, 9.17) is 9.47 Å².